The fraction of sp³-hybridized carbons (Fsp3) is 0.316. The number of aromatic nitrogens is 3. The Kier molecular flexibility index (Phi) is 5.09. The molecule has 3 rings (SSSR count). The van der Waals surface area contributed by atoms with Crippen molar-refractivity contribution in [3.8, 4) is 0 Å². The Morgan fingerprint density at radius 3 is 2.68 bits per heavy atom. The van der Waals surface area contributed by atoms with Gasteiger partial charge in [0.2, 0.25) is 0 Å². The van der Waals surface area contributed by atoms with Crippen LogP contribution in [-0.4, -0.2) is 27.3 Å². The lowest BCUT2D eigenvalue weighted by Crippen LogP contribution is -2.22. The molecule has 0 atom stereocenters. The molecule has 130 valence electrons. The van der Waals surface area contributed by atoms with E-state index in [4.69, 9.17) is 4.74 Å². The first-order valence-electron chi connectivity index (χ1n) is 8.31. The first kappa shape index (κ1) is 17.1. The van der Waals surface area contributed by atoms with Gasteiger partial charge in [0.25, 0.3) is 5.91 Å². The van der Waals surface area contributed by atoms with E-state index in [0.717, 1.165) is 27.9 Å². The summed E-state index contributed by atoms with van der Waals surface area (Å²) in [7, 11) is 1.84. The summed E-state index contributed by atoms with van der Waals surface area (Å²) in [5.74, 6) is -0.143. The topological polar surface area (TPSA) is 69.0 Å². The van der Waals surface area contributed by atoms with Gasteiger partial charge in [-0.2, -0.15) is 5.10 Å². The minimum absolute atomic E-state index is 0.143. The molecule has 0 spiro atoms. The van der Waals surface area contributed by atoms with E-state index < -0.39 is 0 Å². The quantitative estimate of drug-likeness (QED) is 0.750. The SMILES string of the molecule is CCOCc1ccc(CNC(=O)c2cnc3c(c2)c(C)nn3C)cc1. The van der Waals surface area contributed by atoms with E-state index >= 15 is 0 Å². The van der Waals surface area contributed by atoms with Crippen molar-refractivity contribution in [1.29, 1.82) is 0 Å². The second kappa shape index (κ2) is 7.44. The number of pyridine rings is 1. The fourth-order valence-corrected chi connectivity index (χ4v) is 2.69. The average Bonchev–Trinajstić information content (AvgIpc) is 2.92. The molecule has 0 fully saturated rings. The number of hydrogen-bond acceptors (Lipinski definition) is 4. The normalized spacial score (nSPS) is 11.0. The number of aryl methyl sites for hydroxylation is 2. The number of benzene rings is 1. The molecule has 25 heavy (non-hydrogen) atoms. The van der Waals surface area contributed by atoms with E-state index in [1.807, 2.05) is 51.2 Å². The van der Waals surface area contributed by atoms with Crippen molar-refractivity contribution in [2.75, 3.05) is 6.61 Å². The molecule has 2 heterocycles. The van der Waals surface area contributed by atoms with Crippen LogP contribution in [0.15, 0.2) is 36.5 Å². The van der Waals surface area contributed by atoms with E-state index in [2.05, 4.69) is 15.4 Å². The summed E-state index contributed by atoms with van der Waals surface area (Å²) in [6, 6.07) is 9.88. The van der Waals surface area contributed by atoms with Crippen molar-refractivity contribution in [2.24, 2.45) is 7.05 Å². The van der Waals surface area contributed by atoms with Gasteiger partial charge < -0.3 is 10.1 Å². The Hall–Kier alpha value is -2.73. The summed E-state index contributed by atoms with van der Waals surface area (Å²) in [5.41, 5.74) is 4.35. The van der Waals surface area contributed by atoms with Gasteiger partial charge >= 0.3 is 0 Å². The largest absolute Gasteiger partial charge is 0.377 e. The Balaban J connectivity index is 1.65. The second-order valence-electron chi connectivity index (χ2n) is 5.94. The highest BCUT2D eigenvalue weighted by Gasteiger charge is 2.11. The standard InChI is InChI=1S/C19H22N4O2/c1-4-25-12-15-7-5-14(6-8-15)10-21-19(24)16-9-17-13(2)22-23(3)18(17)20-11-16/h5-9,11H,4,10,12H2,1-3H3,(H,21,24). The average molecular weight is 338 g/mol. The summed E-state index contributed by atoms with van der Waals surface area (Å²) in [5, 5.41) is 8.16. The summed E-state index contributed by atoms with van der Waals surface area (Å²) in [6.07, 6.45) is 1.59. The van der Waals surface area contributed by atoms with E-state index in [1.54, 1.807) is 10.9 Å². The molecule has 1 amide bonds. The van der Waals surface area contributed by atoms with E-state index in [-0.39, 0.29) is 5.91 Å². The van der Waals surface area contributed by atoms with Crippen molar-refractivity contribution >= 4 is 16.9 Å². The molecule has 2 aromatic heterocycles. The van der Waals surface area contributed by atoms with Crippen molar-refractivity contribution in [3.05, 3.63) is 58.9 Å². The van der Waals surface area contributed by atoms with Crippen molar-refractivity contribution < 1.29 is 9.53 Å². The van der Waals surface area contributed by atoms with Gasteiger partial charge in [0.05, 0.1) is 17.9 Å². The zero-order chi connectivity index (χ0) is 17.8. The van der Waals surface area contributed by atoms with Crippen LogP contribution in [0.1, 0.15) is 34.1 Å². The van der Waals surface area contributed by atoms with Crippen LogP contribution in [-0.2, 0) is 24.9 Å². The van der Waals surface area contributed by atoms with Gasteiger partial charge in [-0.25, -0.2) is 4.98 Å². The molecule has 1 aromatic carbocycles. The van der Waals surface area contributed by atoms with Gasteiger partial charge in [-0.05, 0) is 31.0 Å². The lowest BCUT2D eigenvalue weighted by molar-refractivity contribution is 0.0950. The van der Waals surface area contributed by atoms with Crippen molar-refractivity contribution in [1.82, 2.24) is 20.1 Å². The number of hydrogen-bond donors (Lipinski definition) is 1. The van der Waals surface area contributed by atoms with Gasteiger partial charge in [-0.1, -0.05) is 24.3 Å². The third-order valence-electron chi connectivity index (χ3n) is 4.07. The van der Waals surface area contributed by atoms with Gasteiger partial charge in [0.1, 0.15) is 0 Å². The first-order valence-corrected chi connectivity index (χ1v) is 8.31. The van der Waals surface area contributed by atoms with Crippen LogP contribution in [0.2, 0.25) is 0 Å². The lowest BCUT2D eigenvalue weighted by atomic mass is 10.1. The van der Waals surface area contributed by atoms with E-state index in [1.165, 1.54) is 0 Å². The summed E-state index contributed by atoms with van der Waals surface area (Å²) in [4.78, 5) is 16.7. The molecule has 6 heteroatoms. The van der Waals surface area contributed by atoms with Crippen LogP contribution in [0.25, 0.3) is 11.0 Å². The number of nitrogens with zero attached hydrogens (tertiary/aromatic N) is 3. The van der Waals surface area contributed by atoms with Crippen LogP contribution < -0.4 is 5.32 Å². The molecule has 0 aliphatic heterocycles. The lowest BCUT2D eigenvalue weighted by Gasteiger charge is -2.07. The first-order chi connectivity index (χ1) is 12.1. The van der Waals surface area contributed by atoms with Crippen LogP contribution in [0.5, 0.6) is 0 Å². The summed E-state index contributed by atoms with van der Waals surface area (Å²) >= 11 is 0. The van der Waals surface area contributed by atoms with Gasteiger partial charge in [-0.15, -0.1) is 0 Å². The Morgan fingerprint density at radius 1 is 1.24 bits per heavy atom. The Labute approximate surface area is 146 Å². The number of ether oxygens (including phenoxy) is 1. The molecule has 0 aliphatic rings. The number of carbonyl (C=O) groups is 1. The molecular weight excluding hydrogens is 316 g/mol. The fourth-order valence-electron chi connectivity index (χ4n) is 2.69. The van der Waals surface area contributed by atoms with E-state index in [9.17, 15) is 4.79 Å². The van der Waals surface area contributed by atoms with Gasteiger partial charge in [0.15, 0.2) is 5.65 Å². The molecule has 0 aliphatic carbocycles. The number of carbonyl (C=O) groups excluding carboxylic acids is 1. The highest BCUT2D eigenvalue weighted by Crippen LogP contribution is 2.16. The predicted octanol–water partition coefficient (Wildman–Crippen LogP) is 2.74. The highest BCUT2D eigenvalue weighted by atomic mass is 16.5. The van der Waals surface area contributed by atoms with Crippen LogP contribution in [0, 0.1) is 6.92 Å². The number of amides is 1. The minimum atomic E-state index is -0.143. The zero-order valence-electron chi connectivity index (χ0n) is 14.7. The predicted molar refractivity (Wildman–Crippen MR) is 96.2 cm³/mol. The smallest absolute Gasteiger partial charge is 0.253 e. The van der Waals surface area contributed by atoms with Crippen LogP contribution >= 0.6 is 0 Å². The Morgan fingerprint density at radius 2 is 1.96 bits per heavy atom. The third-order valence-corrected chi connectivity index (χ3v) is 4.07. The van der Waals surface area contributed by atoms with E-state index in [0.29, 0.717) is 25.3 Å². The zero-order valence-corrected chi connectivity index (χ0v) is 14.7. The Bertz CT molecular complexity index is 884. The minimum Gasteiger partial charge on any atom is -0.377 e. The molecule has 0 radical (unpaired) electrons. The molecule has 0 saturated carbocycles. The molecule has 0 saturated heterocycles. The molecular formula is C19H22N4O2. The molecule has 3 aromatic rings. The molecule has 6 nitrogen and oxygen atoms in total. The number of nitrogens with one attached hydrogen (secondary N) is 1. The maximum atomic E-state index is 12.4. The van der Waals surface area contributed by atoms with Crippen LogP contribution in [0.3, 0.4) is 0 Å². The maximum absolute atomic E-state index is 12.4. The number of rotatable bonds is 6. The summed E-state index contributed by atoms with van der Waals surface area (Å²) < 4.78 is 7.10. The van der Waals surface area contributed by atoms with Crippen LogP contribution in [0.4, 0.5) is 0 Å². The summed E-state index contributed by atoms with van der Waals surface area (Å²) in [6.45, 7) is 5.67. The third kappa shape index (κ3) is 3.85. The number of fused-ring (bicyclic) bond motifs is 1. The monoisotopic (exact) mass is 338 g/mol. The van der Waals surface area contributed by atoms with Crippen molar-refractivity contribution in [2.45, 2.75) is 27.0 Å². The molecule has 0 bridgehead atoms. The maximum Gasteiger partial charge on any atom is 0.253 e. The van der Waals surface area contributed by atoms with Gasteiger partial charge in [-0.3, -0.25) is 9.48 Å². The second-order valence-corrected chi connectivity index (χ2v) is 5.94. The molecule has 1 N–H and O–H groups in total. The van der Waals surface area contributed by atoms with Crippen molar-refractivity contribution in [3.63, 3.8) is 0 Å². The van der Waals surface area contributed by atoms with Gasteiger partial charge in [0, 0.05) is 31.8 Å². The highest BCUT2D eigenvalue weighted by molar-refractivity contribution is 5.97. The molecule has 0 unspecified atom stereocenters.